The first-order chi connectivity index (χ1) is 10.8. The summed E-state index contributed by atoms with van der Waals surface area (Å²) in [6, 6.07) is 9.05. The van der Waals surface area contributed by atoms with Crippen LogP contribution in [0.1, 0.15) is 48.0 Å². The van der Waals surface area contributed by atoms with Gasteiger partial charge in [-0.05, 0) is 43.2 Å². The van der Waals surface area contributed by atoms with Crippen LogP contribution in [0.2, 0.25) is 0 Å². The van der Waals surface area contributed by atoms with Gasteiger partial charge in [-0.15, -0.1) is 0 Å². The Hall–Kier alpha value is -2.56. The van der Waals surface area contributed by atoms with Gasteiger partial charge in [0.15, 0.2) is 5.76 Å². The molecule has 1 aliphatic carbocycles. The second-order valence-electron chi connectivity index (χ2n) is 5.77. The number of furan rings is 1. The second kappa shape index (κ2) is 5.33. The van der Waals surface area contributed by atoms with Gasteiger partial charge in [-0.2, -0.15) is 0 Å². The molecule has 0 spiro atoms. The highest BCUT2D eigenvalue weighted by atomic mass is 16.3. The summed E-state index contributed by atoms with van der Waals surface area (Å²) in [6.07, 6.45) is 6.48. The minimum absolute atomic E-state index is 0.250. The van der Waals surface area contributed by atoms with E-state index in [1.54, 1.807) is 12.1 Å². The molecule has 4 rings (SSSR count). The maximum atomic E-state index is 12.0. The monoisotopic (exact) mass is 295 g/mol. The fourth-order valence-electron chi connectivity index (χ4n) is 3.10. The Balaban J connectivity index is 1.58. The molecule has 0 unspecified atom stereocenters. The van der Waals surface area contributed by atoms with E-state index in [-0.39, 0.29) is 5.91 Å². The molecule has 5 heteroatoms. The molecule has 1 fully saturated rings. The third-order valence-electron chi connectivity index (χ3n) is 4.24. The van der Waals surface area contributed by atoms with Gasteiger partial charge in [-0.3, -0.25) is 4.79 Å². The van der Waals surface area contributed by atoms with E-state index in [1.165, 1.54) is 31.9 Å². The van der Waals surface area contributed by atoms with Crippen LogP contribution < -0.4 is 5.32 Å². The van der Waals surface area contributed by atoms with Gasteiger partial charge in [0.2, 0.25) is 0 Å². The molecule has 0 saturated heterocycles. The van der Waals surface area contributed by atoms with Crippen molar-refractivity contribution in [2.45, 2.75) is 31.6 Å². The zero-order chi connectivity index (χ0) is 14.9. The molecule has 1 aliphatic rings. The van der Waals surface area contributed by atoms with E-state index < -0.39 is 0 Å². The zero-order valence-corrected chi connectivity index (χ0v) is 12.1. The van der Waals surface area contributed by atoms with Crippen molar-refractivity contribution in [1.82, 2.24) is 9.97 Å². The van der Waals surface area contributed by atoms with Gasteiger partial charge in [0, 0.05) is 11.6 Å². The molecule has 1 aromatic carbocycles. The molecule has 1 amide bonds. The highest BCUT2D eigenvalue weighted by molar-refractivity contribution is 6.03. The standard InChI is InChI=1S/C17H17N3O2/c21-17(15-6-3-9-22-15)18-12-7-8-13-14(10-12)20-16(19-13)11-4-1-2-5-11/h3,6-11H,1-2,4-5H2,(H,18,21)(H,19,20). The van der Waals surface area contributed by atoms with Gasteiger partial charge in [0.25, 0.3) is 5.91 Å². The molecule has 1 saturated carbocycles. The number of H-pyrrole nitrogens is 1. The van der Waals surface area contributed by atoms with Crippen LogP contribution in [0.5, 0.6) is 0 Å². The zero-order valence-electron chi connectivity index (χ0n) is 12.1. The summed E-state index contributed by atoms with van der Waals surface area (Å²) in [5.41, 5.74) is 2.63. The lowest BCUT2D eigenvalue weighted by atomic mass is 10.1. The average molecular weight is 295 g/mol. The van der Waals surface area contributed by atoms with Crippen molar-refractivity contribution in [2.75, 3.05) is 5.32 Å². The number of aromatic amines is 1. The van der Waals surface area contributed by atoms with Crippen molar-refractivity contribution >= 4 is 22.6 Å². The number of hydrogen-bond acceptors (Lipinski definition) is 3. The normalized spacial score (nSPS) is 15.5. The molecule has 0 radical (unpaired) electrons. The van der Waals surface area contributed by atoms with Crippen LogP contribution in [0, 0.1) is 0 Å². The summed E-state index contributed by atoms with van der Waals surface area (Å²) in [4.78, 5) is 20.1. The summed E-state index contributed by atoms with van der Waals surface area (Å²) < 4.78 is 5.09. The number of aromatic nitrogens is 2. The molecule has 2 heterocycles. The molecule has 2 aromatic heterocycles. The number of amides is 1. The van der Waals surface area contributed by atoms with E-state index >= 15 is 0 Å². The highest BCUT2D eigenvalue weighted by Gasteiger charge is 2.20. The molecule has 0 atom stereocenters. The fraction of sp³-hybridized carbons (Fsp3) is 0.294. The van der Waals surface area contributed by atoms with Crippen molar-refractivity contribution in [3.63, 3.8) is 0 Å². The lowest BCUT2D eigenvalue weighted by Gasteiger charge is -2.03. The Morgan fingerprint density at radius 3 is 2.91 bits per heavy atom. The molecule has 112 valence electrons. The number of fused-ring (bicyclic) bond motifs is 1. The molecular formula is C17H17N3O2. The molecular weight excluding hydrogens is 278 g/mol. The van der Waals surface area contributed by atoms with E-state index in [0.29, 0.717) is 11.7 Å². The van der Waals surface area contributed by atoms with Gasteiger partial charge in [-0.25, -0.2) is 4.98 Å². The highest BCUT2D eigenvalue weighted by Crippen LogP contribution is 2.33. The fourth-order valence-corrected chi connectivity index (χ4v) is 3.10. The largest absolute Gasteiger partial charge is 0.459 e. The molecule has 5 nitrogen and oxygen atoms in total. The molecule has 0 bridgehead atoms. The van der Waals surface area contributed by atoms with Crippen LogP contribution in [-0.2, 0) is 0 Å². The Kier molecular flexibility index (Phi) is 3.18. The van der Waals surface area contributed by atoms with Crippen molar-refractivity contribution < 1.29 is 9.21 Å². The second-order valence-corrected chi connectivity index (χ2v) is 5.77. The Morgan fingerprint density at radius 2 is 2.14 bits per heavy atom. The third-order valence-corrected chi connectivity index (χ3v) is 4.24. The lowest BCUT2D eigenvalue weighted by Crippen LogP contribution is -2.10. The van der Waals surface area contributed by atoms with Crippen molar-refractivity contribution in [2.24, 2.45) is 0 Å². The van der Waals surface area contributed by atoms with Gasteiger partial charge < -0.3 is 14.7 Å². The van der Waals surface area contributed by atoms with Crippen LogP contribution in [-0.4, -0.2) is 15.9 Å². The number of carbonyl (C=O) groups is 1. The summed E-state index contributed by atoms with van der Waals surface area (Å²) in [7, 11) is 0. The summed E-state index contributed by atoms with van der Waals surface area (Å²) >= 11 is 0. The van der Waals surface area contributed by atoms with Crippen molar-refractivity contribution in [1.29, 1.82) is 0 Å². The maximum Gasteiger partial charge on any atom is 0.291 e. The first kappa shape index (κ1) is 13.1. The van der Waals surface area contributed by atoms with Gasteiger partial charge in [0.1, 0.15) is 5.82 Å². The summed E-state index contributed by atoms with van der Waals surface area (Å²) in [5.74, 6) is 1.67. The summed E-state index contributed by atoms with van der Waals surface area (Å²) in [5, 5.41) is 2.83. The Labute approximate surface area is 127 Å². The Morgan fingerprint density at radius 1 is 1.27 bits per heavy atom. The number of anilines is 1. The predicted octanol–water partition coefficient (Wildman–Crippen LogP) is 4.07. The quantitative estimate of drug-likeness (QED) is 0.765. The lowest BCUT2D eigenvalue weighted by molar-refractivity contribution is 0.0996. The van der Waals surface area contributed by atoms with Crippen LogP contribution in [0.4, 0.5) is 5.69 Å². The number of hydrogen-bond donors (Lipinski definition) is 2. The number of rotatable bonds is 3. The number of nitrogens with one attached hydrogen (secondary N) is 2. The van der Waals surface area contributed by atoms with Crippen LogP contribution in [0.3, 0.4) is 0 Å². The van der Waals surface area contributed by atoms with E-state index in [2.05, 4.69) is 15.3 Å². The minimum atomic E-state index is -0.250. The smallest absolute Gasteiger partial charge is 0.291 e. The third kappa shape index (κ3) is 2.39. The average Bonchev–Trinajstić information content (AvgIpc) is 3.26. The number of benzene rings is 1. The van der Waals surface area contributed by atoms with E-state index in [9.17, 15) is 4.79 Å². The molecule has 22 heavy (non-hydrogen) atoms. The van der Waals surface area contributed by atoms with Crippen molar-refractivity contribution in [3.8, 4) is 0 Å². The van der Waals surface area contributed by atoms with Crippen LogP contribution in [0.15, 0.2) is 41.0 Å². The van der Waals surface area contributed by atoms with Crippen LogP contribution in [0.25, 0.3) is 11.0 Å². The van der Waals surface area contributed by atoms with Gasteiger partial charge in [0.05, 0.1) is 17.3 Å². The molecule has 2 N–H and O–H groups in total. The predicted molar refractivity (Wildman–Crippen MR) is 84.0 cm³/mol. The van der Waals surface area contributed by atoms with Crippen molar-refractivity contribution in [3.05, 3.63) is 48.2 Å². The maximum absolute atomic E-state index is 12.0. The van der Waals surface area contributed by atoms with Gasteiger partial charge >= 0.3 is 0 Å². The number of nitrogens with zero attached hydrogens (tertiary/aromatic N) is 1. The first-order valence-corrected chi connectivity index (χ1v) is 7.64. The SMILES string of the molecule is O=C(Nc1ccc2nc(C3CCCC3)[nH]c2c1)c1ccco1. The van der Waals surface area contributed by atoms with Crippen LogP contribution >= 0.6 is 0 Å². The summed E-state index contributed by atoms with van der Waals surface area (Å²) in [6.45, 7) is 0. The van der Waals surface area contributed by atoms with E-state index in [4.69, 9.17) is 4.42 Å². The van der Waals surface area contributed by atoms with Gasteiger partial charge in [-0.1, -0.05) is 12.8 Å². The molecule has 0 aliphatic heterocycles. The topological polar surface area (TPSA) is 70.9 Å². The van der Waals surface area contributed by atoms with E-state index in [0.717, 1.165) is 22.5 Å². The van der Waals surface area contributed by atoms with E-state index in [1.807, 2.05) is 18.2 Å². The number of carbonyl (C=O) groups excluding carboxylic acids is 1. The minimum Gasteiger partial charge on any atom is -0.459 e. The number of imidazole rings is 1. The first-order valence-electron chi connectivity index (χ1n) is 7.64. The molecule has 3 aromatic rings. The Bertz CT molecular complexity index is 799.